The van der Waals surface area contributed by atoms with Crippen molar-refractivity contribution in [3.63, 3.8) is 0 Å². The van der Waals surface area contributed by atoms with Gasteiger partial charge in [-0.1, -0.05) is 30.3 Å². The second-order valence-electron chi connectivity index (χ2n) is 6.99. The van der Waals surface area contributed by atoms with Gasteiger partial charge in [-0.3, -0.25) is 0 Å². The first kappa shape index (κ1) is 16.3. The Hall–Kier alpha value is -2.92. The van der Waals surface area contributed by atoms with Crippen molar-refractivity contribution in [2.45, 2.75) is 31.8 Å². The molecule has 4 nitrogen and oxygen atoms in total. The van der Waals surface area contributed by atoms with E-state index in [0.717, 1.165) is 47.2 Å². The van der Waals surface area contributed by atoms with Gasteiger partial charge in [0.05, 0.1) is 12.7 Å². The molecule has 136 valence electrons. The lowest BCUT2D eigenvalue weighted by Crippen LogP contribution is -2.25. The second-order valence-corrected chi connectivity index (χ2v) is 6.99. The Morgan fingerprint density at radius 3 is 2.89 bits per heavy atom. The minimum absolute atomic E-state index is 0.197. The van der Waals surface area contributed by atoms with Gasteiger partial charge in [0.15, 0.2) is 0 Å². The fourth-order valence-corrected chi connectivity index (χ4v) is 3.95. The number of fused-ring (bicyclic) bond motifs is 2. The summed E-state index contributed by atoms with van der Waals surface area (Å²) in [7, 11) is 0. The minimum atomic E-state index is -0.249. The van der Waals surface area contributed by atoms with E-state index in [1.807, 2.05) is 30.5 Å². The van der Waals surface area contributed by atoms with Crippen LogP contribution in [0.2, 0.25) is 0 Å². The summed E-state index contributed by atoms with van der Waals surface area (Å²) in [5.74, 6) is 0.672. The molecule has 5 heteroatoms. The molecule has 1 N–H and O–H groups in total. The van der Waals surface area contributed by atoms with Crippen LogP contribution in [0.5, 0.6) is 0 Å². The van der Waals surface area contributed by atoms with Crippen molar-refractivity contribution >= 4 is 11.0 Å². The molecule has 0 bridgehead atoms. The number of furan rings is 1. The third-order valence-electron chi connectivity index (χ3n) is 5.26. The molecule has 5 rings (SSSR count). The molecule has 2 aromatic heterocycles. The molecule has 0 radical (unpaired) electrons. The Balaban J connectivity index is 1.39. The first-order valence-corrected chi connectivity index (χ1v) is 9.32. The third kappa shape index (κ3) is 2.94. The van der Waals surface area contributed by atoms with E-state index in [-0.39, 0.29) is 11.9 Å². The van der Waals surface area contributed by atoms with Gasteiger partial charge in [-0.2, -0.15) is 5.10 Å². The van der Waals surface area contributed by atoms with Crippen LogP contribution < -0.4 is 5.32 Å². The number of hydrogen-bond donors (Lipinski definition) is 1. The van der Waals surface area contributed by atoms with Crippen LogP contribution in [-0.2, 0) is 13.0 Å². The average Bonchev–Trinajstić information content (AvgIpc) is 3.31. The van der Waals surface area contributed by atoms with E-state index in [2.05, 4.69) is 22.5 Å². The van der Waals surface area contributed by atoms with Crippen LogP contribution in [-0.4, -0.2) is 9.78 Å². The Bertz CT molecular complexity index is 1060. The Labute approximate surface area is 156 Å². The van der Waals surface area contributed by atoms with Crippen molar-refractivity contribution in [1.82, 2.24) is 15.1 Å². The molecule has 0 saturated carbocycles. The van der Waals surface area contributed by atoms with Crippen LogP contribution in [0.25, 0.3) is 16.7 Å². The smallest absolute Gasteiger partial charge is 0.148 e. The molecule has 1 atom stereocenters. The summed E-state index contributed by atoms with van der Waals surface area (Å²) in [6, 6.07) is 17.1. The molecule has 1 aliphatic carbocycles. The normalized spacial score (nSPS) is 16.6. The average molecular weight is 361 g/mol. The predicted octanol–water partition coefficient (Wildman–Crippen LogP) is 4.92. The lowest BCUT2D eigenvalue weighted by molar-refractivity contribution is 0.423. The van der Waals surface area contributed by atoms with Crippen molar-refractivity contribution in [3.8, 4) is 5.69 Å². The molecular formula is C22H20FN3O. The van der Waals surface area contributed by atoms with Gasteiger partial charge in [0.1, 0.15) is 22.8 Å². The molecule has 1 aliphatic rings. The number of nitrogens with zero attached hydrogens (tertiary/aromatic N) is 2. The number of benzene rings is 2. The highest BCUT2D eigenvalue weighted by atomic mass is 19.1. The zero-order valence-corrected chi connectivity index (χ0v) is 14.9. The first-order chi connectivity index (χ1) is 13.3. The topological polar surface area (TPSA) is 43.0 Å². The van der Waals surface area contributed by atoms with E-state index < -0.39 is 0 Å². The zero-order valence-electron chi connectivity index (χ0n) is 14.9. The highest BCUT2D eigenvalue weighted by Crippen LogP contribution is 2.32. The quantitative estimate of drug-likeness (QED) is 0.561. The Morgan fingerprint density at radius 2 is 2.00 bits per heavy atom. The Kier molecular flexibility index (Phi) is 4.02. The van der Waals surface area contributed by atoms with Gasteiger partial charge in [-0.15, -0.1) is 0 Å². The Morgan fingerprint density at radius 1 is 1.15 bits per heavy atom. The summed E-state index contributed by atoms with van der Waals surface area (Å²) in [4.78, 5) is 0. The molecule has 2 aromatic carbocycles. The fraction of sp³-hybridized carbons (Fsp3) is 0.227. The van der Waals surface area contributed by atoms with E-state index in [4.69, 9.17) is 4.42 Å². The van der Waals surface area contributed by atoms with Crippen molar-refractivity contribution in [2.75, 3.05) is 0 Å². The molecule has 0 spiro atoms. The molecule has 27 heavy (non-hydrogen) atoms. The number of rotatable bonds is 4. The van der Waals surface area contributed by atoms with Crippen molar-refractivity contribution in [2.24, 2.45) is 0 Å². The molecule has 0 unspecified atom stereocenters. The number of para-hydroxylation sites is 2. The van der Waals surface area contributed by atoms with Crippen LogP contribution >= 0.6 is 0 Å². The summed E-state index contributed by atoms with van der Waals surface area (Å²) in [6.07, 6.45) is 4.87. The van der Waals surface area contributed by atoms with E-state index >= 15 is 0 Å². The maximum atomic E-state index is 14.2. The van der Waals surface area contributed by atoms with Crippen molar-refractivity contribution in [3.05, 3.63) is 83.6 Å². The molecule has 4 aromatic rings. The molecule has 0 saturated heterocycles. The molecular weight excluding hydrogens is 341 g/mol. The summed E-state index contributed by atoms with van der Waals surface area (Å²) >= 11 is 0. The number of nitrogens with one attached hydrogen (secondary N) is 1. The summed E-state index contributed by atoms with van der Waals surface area (Å²) in [5.41, 5.74) is 3.66. The van der Waals surface area contributed by atoms with E-state index in [9.17, 15) is 4.39 Å². The first-order valence-electron chi connectivity index (χ1n) is 9.32. The van der Waals surface area contributed by atoms with Gasteiger partial charge in [-0.25, -0.2) is 9.07 Å². The fourth-order valence-electron chi connectivity index (χ4n) is 3.95. The van der Waals surface area contributed by atoms with Gasteiger partial charge in [0, 0.05) is 22.7 Å². The monoisotopic (exact) mass is 361 g/mol. The molecule has 0 amide bonds. The molecule has 0 fully saturated rings. The van der Waals surface area contributed by atoms with E-state index in [1.165, 1.54) is 6.07 Å². The lowest BCUT2D eigenvalue weighted by atomic mass is 9.93. The van der Waals surface area contributed by atoms with Gasteiger partial charge in [0.25, 0.3) is 0 Å². The highest BCUT2D eigenvalue weighted by Gasteiger charge is 2.25. The van der Waals surface area contributed by atoms with E-state index in [0.29, 0.717) is 12.2 Å². The summed E-state index contributed by atoms with van der Waals surface area (Å²) in [5, 5.41) is 9.19. The van der Waals surface area contributed by atoms with Crippen molar-refractivity contribution in [1.29, 1.82) is 0 Å². The maximum absolute atomic E-state index is 14.2. The largest absolute Gasteiger partial charge is 0.460 e. The van der Waals surface area contributed by atoms with Crippen LogP contribution in [0.15, 0.2) is 65.2 Å². The van der Waals surface area contributed by atoms with E-state index in [1.54, 1.807) is 16.8 Å². The van der Waals surface area contributed by atoms with Gasteiger partial charge in [0.2, 0.25) is 0 Å². The second kappa shape index (κ2) is 6.67. The van der Waals surface area contributed by atoms with Crippen LogP contribution in [0, 0.1) is 5.82 Å². The van der Waals surface area contributed by atoms with Crippen molar-refractivity contribution < 1.29 is 8.81 Å². The number of aromatic nitrogens is 2. The number of halogens is 1. The highest BCUT2D eigenvalue weighted by molar-refractivity contribution is 5.77. The summed E-state index contributed by atoms with van der Waals surface area (Å²) in [6.45, 7) is 0.656. The maximum Gasteiger partial charge on any atom is 0.148 e. The lowest BCUT2D eigenvalue weighted by Gasteiger charge is -2.24. The van der Waals surface area contributed by atoms with Gasteiger partial charge in [-0.05, 0) is 43.5 Å². The zero-order chi connectivity index (χ0) is 18.2. The molecule has 0 aliphatic heterocycles. The number of hydrogen-bond acceptors (Lipinski definition) is 3. The predicted molar refractivity (Wildman–Crippen MR) is 102 cm³/mol. The summed E-state index contributed by atoms with van der Waals surface area (Å²) < 4.78 is 21.9. The SMILES string of the molecule is Fc1ccccc1-n1ncc2c1CCC[C@@H]2NCc1cc2ccccc2o1. The van der Waals surface area contributed by atoms with Crippen LogP contribution in [0.4, 0.5) is 4.39 Å². The standard InChI is InChI=1S/C22H20FN3O/c23-18-7-2-3-9-21(18)26-20-10-5-8-19(17(20)14-25-26)24-13-16-12-15-6-1-4-11-22(15)27-16/h1-4,6-7,9,11-12,14,19,24H,5,8,10,13H2/t19-/m0/s1. The minimum Gasteiger partial charge on any atom is -0.460 e. The third-order valence-corrected chi connectivity index (χ3v) is 5.26. The van der Waals surface area contributed by atoms with Crippen LogP contribution in [0.3, 0.4) is 0 Å². The van der Waals surface area contributed by atoms with Gasteiger partial charge < -0.3 is 9.73 Å². The van der Waals surface area contributed by atoms with Gasteiger partial charge >= 0.3 is 0 Å². The molecule has 2 heterocycles. The van der Waals surface area contributed by atoms with Crippen LogP contribution in [0.1, 0.15) is 35.9 Å².